The maximum Gasteiger partial charge on any atom is 0.0530 e. The molecular formula is C12H18ClN3O. The van der Waals surface area contributed by atoms with Gasteiger partial charge in [-0.25, -0.2) is 0 Å². The standard InChI is InChI=1S/C12H18ClN3O/c13-9-3-4-10(11(14)6-9)12(16-15)8-2-1-5-17-7-8/h3-4,6,8,12,16H,1-2,5,7,14-15H2. The number of hydrogen-bond acceptors (Lipinski definition) is 4. The molecule has 1 heterocycles. The van der Waals surface area contributed by atoms with Crippen LogP contribution in [-0.4, -0.2) is 13.2 Å². The molecule has 0 spiro atoms. The number of benzene rings is 1. The van der Waals surface area contributed by atoms with Gasteiger partial charge < -0.3 is 10.5 Å². The van der Waals surface area contributed by atoms with Crippen LogP contribution in [0.1, 0.15) is 24.4 Å². The van der Waals surface area contributed by atoms with Crippen LogP contribution >= 0.6 is 11.6 Å². The number of hydrazine groups is 1. The molecule has 5 N–H and O–H groups in total. The predicted octanol–water partition coefficient (Wildman–Crippen LogP) is 1.85. The molecule has 94 valence electrons. The van der Waals surface area contributed by atoms with Gasteiger partial charge in [0.2, 0.25) is 0 Å². The molecule has 0 radical (unpaired) electrons. The molecule has 2 rings (SSSR count). The van der Waals surface area contributed by atoms with Crippen LogP contribution in [-0.2, 0) is 4.74 Å². The fourth-order valence-electron chi connectivity index (χ4n) is 2.34. The van der Waals surface area contributed by atoms with Crippen LogP contribution in [0.15, 0.2) is 18.2 Å². The first kappa shape index (κ1) is 12.6. The normalized spacial score (nSPS) is 22.4. The zero-order valence-corrected chi connectivity index (χ0v) is 10.4. The van der Waals surface area contributed by atoms with Gasteiger partial charge in [0.1, 0.15) is 0 Å². The summed E-state index contributed by atoms with van der Waals surface area (Å²) in [6, 6.07) is 5.54. The summed E-state index contributed by atoms with van der Waals surface area (Å²) in [6.45, 7) is 1.56. The van der Waals surface area contributed by atoms with Gasteiger partial charge >= 0.3 is 0 Å². The average molecular weight is 256 g/mol. The van der Waals surface area contributed by atoms with Crippen molar-refractivity contribution in [2.24, 2.45) is 11.8 Å². The van der Waals surface area contributed by atoms with E-state index in [0.717, 1.165) is 31.6 Å². The summed E-state index contributed by atoms with van der Waals surface area (Å²) in [7, 11) is 0. The van der Waals surface area contributed by atoms with Crippen LogP contribution in [0.25, 0.3) is 0 Å². The van der Waals surface area contributed by atoms with Crippen molar-refractivity contribution in [3.8, 4) is 0 Å². The fraction of sp³-hybridized carbons (Fsp3) is 0.500. The number of hydrogen-bond donors (Lipinski definition) is 3. The predicted molar refractivity (Wildman–Crippen MR) is 69.5 cm³/mol. The number of halogens is 1. The molecule has 2 atom stereocenters. The molecule has 0 saturated carbocycles. The van der Waals surface area contributed by atoms with Crippen LogP contribution < -0.4 is 17.0 Å². The van der Waals surface area contributed by atoms with Crippen molar-refractivity contribution in [2.45, 2.75) is 18.9 Å². The summed E-state index contributed by atoms with van der Waals surface area (Å²) in [5.74, 6) is 6.01. The van der Waals surface area contributed by atoms with E-state index < -0.39 is 0 Å². The highest BCUT2D eigenvalue weighted by atomic mass is 35.5. The molecule has 1 fully saturated rings. The molecule has 0 bridgehead atoms. The first-order valence-electron chi connectivity index (χ1n) is 5.81. The Morgan fingerprint density at radius 1 is 1.47 bits per heavy atom. The maximum absolute atomic E-state index is 5.98. The third kappa shape index (κ3) is 2.90. The van der Waals surface area contributed by atoms with E-state index in [4.69, 9.17) is 27.9 Å². The van der Waals surface area contributed by atoms with Crippen molar-refractivity contribution >= 4 is 17.3 Å². The summed E-state index contributed by atoms with van der Waals surface area (Å²) < 4.78 is 5.49. The lowest BCUT2D eigenvalue weighted by molar-refractivity contribution is 0.0391. The number of nitrogens with two attached hydrogens (primary N) is 2. The van der Waals surface area contributed by atoms with Crippen LogP contribution in [0.5, 0.6) is 0 Å². The molecule has 1 aliphatic heterocycles. The lowest BCUT2D eigenvalue weighted by atomic mass is 9.88. The Morgan fingerprint density at radius 2 is 2.29 bits per heavy atom. The Bertz CT molecular complexity index is 380. The Balaban J connectivity index is 2.21. The first-order valence-corrected chi connectivity index (χ1v) is 6.19. The average Bonchev–Trinajstić information content (AvgIpc) is 2.34. The number of nitrogens with one attached hydrogen (secondary N) is 1. The van der Waals surface area contributed by atoms with Gasteiger partial charge in [-0.15, -0.1) is 0 Å². The highest BCUT2D eigenvalue weighted by Gasteiger charge is 2.26. The van der Waals surface area contributed by atoms with Crippen LogP contribution in [0, 0.1) is 5.92 Å². The van der Waals surface area contributed by atoms with Gasteiger partial charge in [-0.05, 0) is 30.5 Å². The van der Waals surface area contributed by atoms with Gasteiger partial charge in [0.15, 0.2) is 0 Å². The number of rotatable bonds is 3. The molecule has 0 amide bonds. The monoisotopic (exact) mass is 255 g/mol. The molecule has 0 aliphatic carbocycles. The quantitative estimate of drug-likeness (QED) is 0.438. The Hall–Kier alpha value is -0.810. The van der Waals surface area contributed by atoms with Crippen molar-refractivity contribution in [3.63, 3.8) is 0 Å². The molecule has 5 heteroatoms. The van der Waals surface area contributed by atoms with Crippen molar-refractivity contribution < 1.29 is 4.74 Å². The second-order valence-electron chi connectivity index (χ2n) is 4.39. The summed E-state index contributed by atoms with van der Waals surface area (Å²) in [5, 5.41) is 0.641. The van der Waals surface area contributed by atoms with Gasteiger partial charge in [0.25, 0.3) is 0 Å². The van der Waals surface area contributed by atoms with Gasteiger partial charge in [-0.3, -0.25) is 11.3 Å². The third-order valence-corrected chi connectivity index (χ3v) is 3.47. The van der Waals surface area contributed by atoms with Gasteiger partial charge in [0.05, 0.1) is 12.6 Å². The van der Waals surface area contributed by atoms with Crippen molar-refractivity contribution in [1.29, 1.82) is 0 Å². The maximum atomic E-state index is 5.98. The SMILES string of the molecule is NNC(c1ccc(Cl)cc1N)C1CCCOC1. The highest BCUT2D eigenvalue weighted by Crippen LogP contribution is 2.32. The molecule has 1 aliphatic rings. The zero-order chi connectivity index (χ0) is 12.3. The minimum absolute atomic E-state index is 0.0209. The van der Waals surface area contributed by atoms with E-state index in [1.54, 1.807) is 6.07 Å². The third-order valence-electron chi connectivity index (χ3n) is 3.23. The summed E-state index contributed by atoms with van der Waals surface area (Å²) in [5.41, 5.74) is 10.5. The molecule has 4 nitrogen and oxygen atoms in total. The van der Waals surface area contributed by atoms with E-state index >= 15 is 0 Å². The van der Waals surface area contributed by atoms with E-state index in [9.17, 15) is 0 Å². The van der Waals surface area contributed by atoms with E-state index in [1.165, 1.54) is 0 Å². The molecule has 17 heavy (non-hydrogen) atoms. The number of nitrogen functional groups attached to an aromatic ring is 1. The summed E-state index contributed by atoms with van der Waals surface area (Å²) in [6.07, 6.45) is 2.16. The summed E-state index contributed by atoms with van der Waals surface area (Å²) in [4.78, 5) is 0. The lowest BCUT2D eigenvalue weighted by Crippen LogP contribution is -2.37. The van der Waals surface area contributed by atoms with E-state index in [-0.39, 0.29) is 6.04 Å². The Kier molecular flexibility index (Phi) is 4.23. The van der Waals surface area contributed by atoms with Gasteiger partial charge in [0, 0.05) is 23.2 Å². The molecule has 1 aromatic rings. The lowest BCUT2D eigenvalue weighted by Gasteiger charge is -2.30. The van der Waals surface area contributed by atoms with Crippen LogP contribution in [0.2, 0.25) is 5.02 Å². The minimum atomic E-state index is 0.0209. The second kappa shape index (κ2) is 5.69. The fourth-order valence-corrected chi connectivity index (χ4v) is 2.52. The van der Waals surface area contributed by atoms with Gasteiger partial charge in [-0.1, -0.05) is 17.7 Å². The van der Waals surface area contributed by atoms with Crippen molar-refractivity contribution in [1.82, 2.24) is 5.43 Å². The topological polar surface area (TPSA) is 73.3 Å². The zero-order valence-electron chi connectivity index (χ0n) is 9.66. The van der Waals surface area contributed by atoms with E-state index in [0.29, 0.717) is 16.6 Å². The van der Waals surface area contributed by atoms with Crippen molar-refractivity contribution in [2.75, 3.05) is 18.9 Å². The second-order valence-corrected chi connectivity index (χ2v) is 4.83. The van der Waals surface area contributed by atoms with E-state index in [2.05, 4.69) is 5.43 Å². The molecule has 2 unspecified atom stereocenters. The van der Waals surface area contributed by atoms with Gasteiger partial charge in [-0.2, -0.15) is 0 Å². The van der Waals surface area contributed by atoms with Crippen molar-refractivity contribution in [3.05, 3.63) is 28.8 Å². The summed E-state index contributed by atoms with van der Waals surface area (Å²) >= 11 is 5.89. The highest BCUT2D eigenvalue weighted by molar-refractivity contribution is 6.30. The Labute approximate surface area is 106 Å². The molecule has 0 aromatic heterocycles. The Morgan fingerprint density at radius 3 is 2.88 bits per heavy atom. The number of anilines is 1. The first-order chi connectivity index (χ1) is 8.22. The minimum Gasteiger partial charge on any atom is -0.398 e. The van der Waals surface area contributed by atoms with E-state index in [1.807, 2.05) is 12.1 Å². The smallest absolute Gasteiger partial charge is 0.0530 e. The van der Waals surface area contributed by atoms with Crippen LogP contribution in [0.4, 0.5) is 5.69 Å². The van der Waals surface area contributed by atoms with Crippen LogP contribution in [0.3, 0.4) is 0 Å². The molecular weight excluding hydrogens is 238 g/mol. The molecule has 1 aromatic carbocycles. The molecule has 1 saturated heterocycles. The number of ether oxygens (including phenoxy) is 1. The largest absolute Gasteiger partial charge is 0.398 e.